The maximum atomic E-state index is 13.6. The minimum absolute atomic E-state index is 0.00148. The molecule has 1 amide bonds. The highest BCUT2D eigenvalue weighted by Crippen LogP contribution is 2.45. The van der Waals surface area contributed by atoms with E-state index in [4.69, 9.17) is 16.3 Å². The fraction of sp³-hybridized carbons (Fsp3) is 0.0357. The number of nitrogens with zero attached hydrogens (tertiary/aromatic N) is 2. The number of aromatic nitrogens is 1. The summed E-state index contributed by atoms with van der Waals surface area (Å²) in [6.07, 6.45) is 0. The molecule has 0 saturated heterocycles. The first-order valence-corrected chi connectivity index (χ1v) is 13.3. The molecule has 0 bridgehead atoms. The Bertz CT molecular complexity index is 1680. The second-order valence-corrected chi connectivity index (χ2v) is 10.6. The van der Waals surface area contributed by atoms with Gasteiger partial charge in [0.1, 0.15) is 11.5 Å². The van der Waals surface area contributed by atoms with Crippen molar-refractivity contribution in [3.05, 3.63) is 117 Å². The molecule has 1 atom stereocenters. The van der Waals surface area contributed by atoms with E-state index in [1.54, 1.807) is 60.0 Å². The minimum Gasteiger partial charge on any atom is -0.503 e. The molecule has 2 aromatic heterocycles. The van der Waals surface area contributed by atoms with Crippen LogP contribution in [0.3, 0.4) is 0 Å². The first-order valence-electron chi connectivity index (χ1n) is 11.2. The Morgan fingerprint density at radius 3 is 2.57 bits per heavy atom. The minimum atomic E-state index is -0.905. The average molecular weight is 545 g/mol. The number of rotatable bonds is 6. The van der Waals surface area contributed by atoms with Gasteiger partial charge in [0, 0.05) is 5.02 Å². The Hall–Kier alpha value is -3.98. The molecule has 5 aromatic rings. The van der Waals surface area contributed by atoms with Crippen LogP contribution >= 0.6 is 34.3 Å². The van der Waals surface area contributed by atoms with Crippen LogP contribution in [0, 0.1) is 0 Å². The maximum Gasteiger partial charge on any atom is 0.296 e. The molecule has 1 aliphatic rings. The number of ketones is 1. The van der Waals surface area contributed by atoms with E-state index in [0.717, 1.165) is 4.70 Å². The topological polar surface area (TPSA) is 79.7 Å². The van der Waals surface area contributed by atoms with Gasteiger partial charge in [-0.25, -0.2) is 4.98 Å². The van der Waals surface area contributed by atoms with Gasteiger partial charge in [-0.3, -0.25) is 14.5 Å². The van der Waals surface area contributed by atoms with E-state index in [9.17, 15) is 14.7 Å². The fourth-order valence-corrected chi connectivity index (χ4v) is 6.20. The summed E-state index contributed by atoms with van der Waals surface area (Å²) in [5.74, 6) is -0.511. The van der Waals surface area contributed by atoms with Crippen LogP contribution < -0.4 is 9.64 Å². The number of Topliss-reactive ketones (excluding diaryl/α,β-unsaturated/α-hetero) is 1. The number of halogens is 1. The molecule has 1 unspecified atom stereocenters. The summed E-state index contributed by atoms with van der Waals surface area (Å²) < 4.78 is 6.79. The maximum absolute atomic E-state index is 13.6. The third kappa shape index (κ3) is 4.29. The van der Waals surface area contributed by atoms with Crippen LogP contribution in [0.15, 0.2) is 102 Å². The normalized spacial score (nSPS) is 15.5. The summed E-state index contributed by atoms with van der Waals surface area (Å²) in [6.45, 7) is 0. The molecule has 0 spiro atoms. The number of anilines is 1. The van der Waals surface area contributed by atoms with E-state index in [-0.39, 0.29) is 5.57 Å². The lowest BCUT2D eigenvalue weighted by atomic mass is 9.95. The van der Waals surface area contributed by atoms with Gasteiger partial charge in [0.25, 0.3) is 5.91 Å². The number of thiazole rings is 1. The molecule has 1 aliphatic heterocycles. The SMILES string of the molecule is O=C(C1=C(O)C(=O)N(c2nc3ccc(Cl)cc3s2)C1c1cccc(Oc2ccccc2)c1)c1cccs1. The molecule has 0 radical (unpaired) electrons. The highest BCUT2D eigenvalue weighted by molar-refractivity contribution is 7.22. The number of amides is 1. The van der Waals surface area contributed by atoms with E-state index in [2.05, 4.69) is 4.98 Å². The van der Waals surface area contributed by atoms with Crippen LogP contribution in [-0.2, 0) is 4.79 Å². The third-order valence-corrected chi connectivity index (χ3v) is 8.02. The molecule has 0 aliphatic carbocycles. The van der Waals surface area contributed by atoms with Gasteiger partial charge >= 0.3 is 0 Å². The zero-order chi connectivity index (χ0) is 25.5. The van der Waals surface area contributed by atoms with E-state index < -0.39 is 23.5 Å². The zero-order valence-electron chi connectivity index (χ0n) is 19.0. The summed E-state index contributed by atoms with van der Waals surface area (Å²) >= 11 is 8.67. The summed E-state index contributed by atoms with van der Waals surface area (Å²) in [7, 11) is 0. The highest BCUT2D eigenvalue weighted by atomic mass is 35.5. The van der Waals surface area contributed by atoms with Crippen molar-refractivity contribution in [2.75, 3.05) is 4.90 Å². The average Bonchev–Trinajstić information content (AvgIpc) is 3.63. The third-order valence-electron chi connectivity index (χ3n) is 5.90. The van der Waals surface area contributed by atoms with Gasteiger partial charge in [0.05, 0.1) is 26.7 Å². The second-order valence-electron chi connectivity index (χ2n) is 8.24. The summed E-state index contributed by atoms with van der Waals surface area (Å²) in [5.41, 5.74) is 1.26. The zero-order valence-corrected chi connectivity index (χ0v) is 21.4. The lowest BCUT2D eigenvalue weighted by molar-refractivity contribution is -0.117. The van der Waals surface area contributed by atoms with Crippen molar-refractivity contribution in [3.8, 4) is 11.5 Å². The molecule has 9 heteroatoms. The fourth-order valence-electron chi connectivity index (χ4n) is 4.25. The Morgan fingerprint density at radius 1 is 0.973 bits per heavy atom. The predicted octanol–water partition coefficient (Wildman–Crippen LogP) is 7.59. The molecule has 6 rings (SSSR count). The van der Waals surface area contributed by atoms with E-state index in [0.29, 0.717) is 37.6 Å². The molecule has 0 fully saturated rings. The number of carbonyl (C=O) groups is 2. The van der Waals surface area contributed by atoms with Crippen molar-refractivity contribution in [3.63, 3.8) is 0 Å². The van der Waals surface area contributed by atoms with Crippen molar-refractivity contribution in [2.24, 2.45) is 0 Å². The number of carbonyl (C=O) groups excluding carboxylic acids is 2. The number of benzene rings is 3. The Labute approximate surface area is 224 Å². The van der Waals surface area contributed by atoms with Crippen LogP contribution in [0.25, 0.3) is 10.2 Å². The van der Waals surface area contributed by atoms with Crippen molar-refractivity contribution >= 4 is 61.3 Å². The second kappa shape index (κ2) is 9.48. The van der Waals surface area contributed by atoms with Gasteiger partial charge in [0.2, 0.25) is 5.78 Å². The summed E-state index contributed by atoms with van der Waals surface area (Å²) in [6, 6.07) is 24.2. The predicted molar refractivity (Wildman–Crippen MR) is 146 cm³/mol. The first-order chi connectivity index (χ1) is 18.0. The van der Waals surface area contributed by atoms with Gasteiger partial charge in [-0.05, 0) is 59.5 Å². The van der Waals surface area contributed by atoms with Gasteiger partial charge in [0.15, 0.2) is 10.9 Å². The molecule has 0 saturated carbocycles. The monoisotopic (exact) mass is 544 g/mol. The van der Waals surface area contributed by atoms with Gasteiger partial charge in [-0.15, -0.1) is 11.3 Å². The number of aliphatic hydroxyl groups is 1. The van der Waals surface area contributed by atoms with Crippen molar-refractivity contribution in [1.82, 2.24) is 4.98 Å². The van der Waals surface area contributed by atoms with Crippen LogP contribution in [-0.4, -0.2) is 21.8 Å². The number of para-hydroxylation sites is 1. The lowest BCUT2D eigenvalue weighted by Crippen LogP contribution is -2.30. The first kappa shape index (κ1) is 23.4. The Morgan fingerprint density at radius 2 is 1.78 bits per heavy atom. The number of thiophene rings is 1. The molecule has 37 heavy (non-hydrogen) atoms. The van der Waals surface area contributed by atoms with Crippen molar-refractivity contribution in [2.45, 2.75) is 6.04 Å². The quantitative estimate of drug-likeness (QED) is 0.223. The van der Waals surface area contributed by atoms with Crippen LogP contribution in [0.2, 0.25) is 5.02 Å². The van der Waals surface area contributed by atoms with Crippen LogP contribution in [0.5, 0.6) is 11.5 Å². The van der Waals surface area contributed by atoms with Gasteiger partial charge < -0.3 is 9.84 Å². The lowest BCUT2D eigenvalue weighted by Gasteiger charge is -2.24. The van der Waals surface area contributed by atoms with Crippen molar-refractivity contribution < 1.29 is 19.4 Å². The van der Waals surface area contributed by atoms with Crippen LogP contribution in [0.4, 0.5) is 5.13 Å². The molecular formula is C28H17ClN2O4S2. The van der Waals surface area contributed by atoms with E-state index in [1.807, 2.05) is 30.3 Å². The van der Waals surface area contributed by atoms with E-state index in [1.165, 1.54) is 27.6 Å². The Balaban J connectivity index is 1.48. The number of ether oxygens (including phenoxy) is 1. The van der Waals surface area contributed by atoms with Crippen molar-refractivity contribution in [1.29, 1.82) is 0 Å². The molecule has 6 nitrogen and oxygen atoms in total. The molecule has 3 heterocycles. The smallest absolute Gasteiger partial charge is 0.296 e. The van der Waals surface area contributed by atoms with Crippen LogP contribution in [0.1, 0.15) is 21.3 Å². The molecule has 3 aromatic carbocycles. The summed E-state index contributed by atoms with van der Waals surface area (Å²) in [4.78, 5) is 33.5. The Kier molecular flexibility index (Phi) is 6.00. The number of hydrogen-bond acceptors (Lipinski definition) is 7. The van der Waals surface area contributed by atoms with Gasteiger partial charge in [-0.2, -0.15) is 0 Å². The molecule has 182 valence electrons. The molecule has 1 N–H and O–H groups in total. The molecular weight excluding hydrogens is 528 g/mol. The standard InChI is InChI=1S/C28H17ClN2O4S2/c29-17-11-12-20-22(15-17)37-28(30-20)31-24(23(26(33)27(31)34)25(32)21-10-5-13-36-21)16-6-4-9-19(14-16)35-18-7-2-1-3-8-18/h1-15,24,33H. The highest BCUT2D eigenvalue weighted by Gasteiger charge is 2.46. The number of fused-ring (bicyclic) bond motifs is 1. The number of aliphatic hydroxyl groups excluding tert-OH is 1. The summed E-state index contributed by atoms with van der Waals surface area (Å²) in [5, 5.41) is 13.7. The largest absolute Gasteiger partial charge is 0.503 e. The van der Waals surface area contributed by atoms with Gasteiger partial charge in [-0.1, -0.05) is 59.3 Å². The number of hydrogen-bond donors (Lipinski definition) is 1. The van der Waals surface area contributed by atoms with E-state index >= 15 is 0 Å².